The molecule has 0 fully saturated rings. The third-order valence-corrected chi connectivity index (χ3v) is 5.47. The molecule has 2 N–H and O–H groups in total. The van der Waals surface area contributed by atoms with Gasteiger partial charge >= 0.3 is 0 Å². The van der Waals surface area contributed by atoms with Gasteiger partial charge in [0, 0.05) is 17.3 Å². The lowest BCUT2D eigenvalue weighted by molar-refractivity contribution is 0.599. The monoisotopic (exact) mass is 394 g/mol. The van der Waals surface area contributed by atoms with Crippen LogP contribution in [-0.4, -0.2) is 24.1 Å². The minimum absolute atomic E-state index is 0.0143. The number of nitrogens with zero attached hydrogens (tertiary/aromatic N) is 2. The van der Waals surface area contributed by atoms with Crippen LogP contribution in [0.3, 0.4) is 0 Å². The Hall–Kier alpha value is -2.45. The lowest BCUT2D eigenvalue weighted by Crippen LogP contribution is -2.16. The van der Waals surface area contributed by atoms with Gasteiger partial charge in [0.05, 0.1) is 27.7 Å². The Morgan fingerprint density at radius 1 is 1.23 bits per heavy atom. The molecule has 0 aliphatic carbocycles. The number of halogens is 2. The van der Waals surface area contributed by atoms with Crippen molar-refractivity contribution in [2.75, 3.05) is 15.8 Å². The van der Waals surface area contributed by atoms with Crippen LogP contribution in [0.1, 0.15) is 13.3 Å². The Kier molecular flexibility index (Phi) is 5.24. The highest BCUT2D eigenvalue weighted by atomic mass is 35.5. The Morgan fingerprint density at radius 2 is 2.04 bits per heavy atom. The van der Waals surface area contributed by atoms with E-state index < -0.39 is 15.8 Å². The van der Waals surface area contributed by atoms with Crippen LogP contribution < -0.4 is 10.0 Å². The molecular formula is C17H16ClFN4O2S. The van der Waals surface area contributed by atoms with E-state index in [4.69, 9.17) is 11.6 Å². The first kappa shape index (κ1) is 18.3. The molecule has 0 amide bonds. The number of nitrogens with one attached hydrogen (secondary N) is 2. The molecule has 1 aromatic heterocycles. The van der Waals surface area contributed by atoms with Crippen LogP contribution in [-0.2, 0) is 10.0 Å². The van der Waals surface area contributed by atoms with E-state index in [-0.39, 0.29) is 22.2 Å². The van der Waals surface area contributed by atoms with Gasteiger partial charge in [0.15, 0.2) is 0 Å². The van der Waals surface area contributed by atoms with Crippen LogP contribution in [0.25, 0.3) is 10.9 Å². The number of hydrogen-bond donors (Lipinski definition) is 2. The van der Waals surface area contributed by atoms with E-state index in [1.807, 2.05) is 0 Å². The summed E-state index contributed by atoms with van der Waals surface area (Å²) < 4.78 is 40.6. The van der Waals surface area contributed by atoms with Gasteiger partial charge < -0.3 is 5.32 Å². The molecule has 3 aromatic rings. The lowest BCUT2D eigenvalue weighted by Gasteiger charge is -2.15. The van der Waals surface area contributed by atoms with Crippen molar-refractivity contribution in [3.05, 3.63) is 53.7 Å². The smallest absolute Gasteiger partial charge is 0.232 e. The van der Waals surface area contributed by atoms with Crippen molar-refractivity contribution in [2.45, 2.75) is 13.3 Å². The predicted octanol–water partition coefficient (Wildman–Crippen LogP) is 4.32. The number of sulfonamides is 1. The molecule has 0 bridgehead atoms. The molecule has 9 heteroatoms. The maximum atomic E-state index is 14.3. The number of hydrogen-bond acceptors (Lipinski definition) is 5. The summed E-state index contributed by atoms with van der Waals surface area (Å²) in [4.78, 5) is 8.07. The largest absolute Gasteiger partial charge is 0.352 e. The molecule has 0 saturated carbocycles. The van der Waals surface area contributed by atoms with Crippen LogP contribution >= 0.6 is 11.6 Å². The summed E-state index contributed by atoms with van der Waals surface area (Å²) in [6.45, 7) is 1.75. The zero-order chi connectivity index (χ0) is 18.7. The van der Waals surface area contributed by atoms with Crippen molar-refractivity contribution in [3.63, 3.8) is 0 Å². The number of aromatic nitrogens is 2. The first-order chi connectivity index (χ1) is 12.4. The van der Waals surface area contributed by atoms with E-state index in [0.717, 1.165) is 17.0 Å². The minimum Gasteiger partial charge on any atom is -0.352 e. The molecule has 0 aliphatic heterocycles. The van der Waals surface area contributed by atoms with Crippen molar-refractivity contribution in [2.24, 2.45) is 0 Å². The quantitative estimate of drug-likeness (QED) is 0.650. The summed E-state index contributed by atoms with van der Waals surface area (Å²) in [5.74, 6) is -0.647. The van der Waals surface area contributed by atoms with E-state index in [9.17, 15) is 12.8 Å². The molecule has 0 radical (unpaired) electrons. The summed E-state index contributed by atoms with van der Waals surface area (Å²) in [6.07, 6.45) is 3.54. The van der Waals surface area contributed by atoms with Crippen LogP contribution in [0.5, 0.6) is 0 Å². The molecule has 0 saturated heterocycles. The zero-order valence-corrected chi connectivity index (χ0v) is 15.4. The maximum Gasteiger partial charge on any atom is 0.232 e. The van der Waals surface area contributed by atoms with E-state index in [0.29, 0.717) is 12.1 Å². The van der Waals surface area contributed by atoms with Crippen LogP contribution in [0.2, 0.25) is 5.02 Å². The van der Waals surface area contributed by atoms with E-state index in [1.165, 1.54) is 12.4 Å². The summed E-state index contributed by atoms with van der Waals surface area (Å²) in [5, 5.41) is 3.62. The average Bonchev–Trinajstić information content (AvgIpc) is 2.61. The third-order valence-electron chi connectivity index (χ3n) is 3.60. The van der Waals surface area contributed by atoms with E-state index in [2.05, 4.69) is 20.0 Å². The van der Waals surface area contributed by atoms with Gasteiger partial charge in [0.2, 0.25) is 10.0 Å². The summed E-state index contributed by atoms with van der Waals surface area (Å²) in [5.41, 5.74) is 1.42. The van der Waals surface area contributed by atoms with Gasteiger partial charge in [-0.1, -0.05) is 18.5 Å². The molecule has 0 aliphatic rings. The molecule has 6 nitrogen and oxygen atoms in total. The lowest BCUT2D eigenvalue weighted by atomic mass is 10.2. The second-order valence-electron chi connectivity index (χ2n) is 5.63. The highest BCUT2D eigenvalue weighted by Gasteiger charge is 2.17. The van der Waals surface area contributed by atoms with Crippen LogP contribution in [0.4, 0.5) is 21.5 Å². The minimum atomic E-state index is -3.54. The van der Waals surface area contributed by atoms with E-state index >= 15 is 0 Å². The SMILES string of the molecule is CCCS(=O)(=O)Nc1ccc(F)c(Nc2ccc3ncncc3c2)c1Cl. The second kappa shape index (κ2) is 7.43. The fraction of sp³-hybridized carbons (Fsp3) is 0.176. The van der Waals surface area contributed by atoms with Gasteiger partial charge in [0.1, 0.15) is 12.1 Å². The number of benzene rings is 2. The topological polar surface area (TPSA) is 84.0 Å². The second-order valence-corrected chi connectivity index (χ2v) is 7.85. The Bertz CT molecular complexity index is 1060. The fourth-order valence-electron chi connectivity index (χ4n) is 2.44. The summed E-state index contributed by atoms with van der Waals surface area (Å²) in [7, 11) is -3.54. The molecule has 0 spiro atoms. The summed E-state index contributed by atoms with van der Waals surface area (Å²) >= 11 is 6.23. The molecule has 0 unspecified atom stereocenters. The molecule has 26 heavy (non-hydrogen) atoms. The normalized spacial score (nSPS) is 11.5. The van der Waals surface area contributed by atoms with Crippen LogP contribution in [0, 0.1) is 5.82 Å². The van der Waals surface area contributed by atoms with Gasteiger partial charge in [0.25, 0.3) is 0 Å². The number of anilines is 3. The molecule has 3 rings (SSSR count). The van der Waals surface area contributed by atoms with Crippen molar-refractivity contribution in [3.8, 4) is 0 Å². The maximum absolute atomic E-state index is 14.3. The number of fused-ring (bicyclic) bond motifs is 1. The van der Waals surface area contributed by atoms with E-state index in [1.54, 1.807) is 31.3 Å². The zero-order valence-electron chi connectivity index (χ0n) is 13.8. The van der Waals surface area contributed by atoms with Gasteiger partial charge in [-0.25, -0.2) is 22.8 Å². The van der Waals surface area contributed by atoms with Gasteiger partial charge in [-0.05, 0) is 36.8 Å². The van der Waals surface area contributed by atoms with Gasteiger partial charge in [-0.2, -0.15) is 0 Å². The van der Waals surface area contributed by atoms with Crippen molar-refractivity contribution >= 4 is 49.6 Å². The van der Waals surface area contributed by atoms with Gasteiger partial charge in [-0.3, -0.25) is 4.72 Å². The number of rotatable bonds is 6. The Morgan fingerprint density at radius 3 is 2.81 bits per heavy atom. The first-order valence-corrected chi connectivity index (χ1v) is 9.88. The van der Waals surface area contributed by atoms with Gasteiger partial charge in [-0.15, -0.1) is 0 Å². The molecule has 1 heterocycles. The fourth-order valence-corrected chi connectivity index (χ4v) is 3.89. The third kappa shape index (κ3) is 4.03. The van der Waals surface area contributed by atoms with Crippen molar-refractivity contribution in [1.82, 2.24) is 9.97 Å². The highest BCUT2D eigenvalue weighted by Crippen LogP contribution is 2.35. The summed E-state index contributed by atoms with van der Waals surface area (Å²) in [6, 6.07) is 7.68. The molecule has 2 aromatic carbocycles. The van der Waals surface area contributed by atoms with Crippen molar-refractivity contribution < 1.29 is 12.8 Å². The van der Waals surface area contributed by atoms with Crippen molar-refractivity contribution in [1.29, 1.82) is 0 Å². The highest BCUT2D eigenvalue weighted by molar-refractivity contribution is 7.92. The molecular weight excluding hydrogens is 379 g/mol. The molecule has 0 atom stereocenters. The van der Waals surface area contributed by atoms with Crippen LogP contribution in [0.15, 0.2) is 42.9 Å². The first-order valence-electron chi connectivity index (χ1n) is 7.85. The Balaban J connectivity index is 1.95. The molecule has 136 valence electrons. The Labute approximate surface area is 155 Å². The predicted molar refractivity (Wildman–Crippen MR) is 102 cm³/mol. The standard InChI is InChI=1S/C17H16ClFN4O2S/c1-2-7-26(24,25)23-15-6-4-13(19)17(16(15)18)22-12-3-5-14-11(8-12)9-20-10-21-14/h3-6,8-10,22-23H,2,7H2,1H3. The average molecular weight is 395 g/mol.